The number of aromatic nitrogens is 1. The second-order valence-corrected chi connectivity index (χ2v) is 8.25. The Kier molecular flexibility index (Phi) is 6.00. The zero-order valence-corrected chi connectivity index (χ0v) is 16.4. The van der Waals surface area contributed by atoms with E-state index < -0.39 is 0 Å². The fourth-order valence-corrected chi connectivity index (χ4v) is 4.52. The third kappa shape index (κ3) is 4.53. The lowest BCUT2D eigenvalue weighted by Crippen LogP contribution is -2.45. The number of hydrogen-bond acceptors (Lipinski definition) is 4. The molecule has 0 spiro atoms. The molecular weight excluding hydrogens is 377 g/mol. The number of hydrogen-bond donors (Lipinski definition) is 1. The molecule has 2 aromatic rings. The quantitative estimate of drug-likeness (QED) is 0.838. The number of halogens is 2. The summed E-state index contributed by atoms with van der Waals surface area (Å²) in [6.07, 6.45) is 2.42. The molecule has 0 aliphatic carbocycles. The van der Waals surface area contributed by atoms with Gasteiger partial charge in [0, 0.05) is 35.1 Å². The van der Waals surface area contributed by atoms with Crippen LogP contribution in [0.1, 0.15) is 25.5 Å². The number of thiazole rings is 1. The number of nitrogens with two attached hydrogens (primary N) is 1. The Labute approximate surface area is 161 Å². The van der Waals surface area contributed by atoms with Crippen LogP contribution in [0, 0.1) is 5.92 Å². The Morgan fingerprint density at radius 1 is 1.48 bits per heavy atom. The lowest BCUT2D eigenvalue weighted by atomic mass is 9.92. The summed E-state index contributed by atoms with van der Waals surface area (Å²) in [6.45, 7) is 3.57. The van der Waals surface area contributed by atoms with Gasteiger partial charge in [-0.2, -0.15) is 0 Å². The van der Waals surface area contributed by atoms with Crippen molar-refractivity contribution < 1.29 is 4.79 Å². The van der Waals surface area contributed by atoms with E-state index in [4.69, 9.17) is 28.9 Å². The Balaban J connectivity index is 1.67. The third-order valence-electron chi connectivity index (χ3n) is 4.60. The zero-order valence-electron chi connectivity index (χ0n) is 14.0. The molecule has 25 heavy (non-hydrogen) atoms. The lowest BCUT2D eigenvalue weighted by Gasteiger charge is -2.34. The van der Waals surface area contributed by atoms with Crippen molar-refractivity contribution in [1.29, 1.82) is 0 Å². The summed E-state index contributed by atoms with van der Waals surface area (Å²) < 4.78 is 0. The highest BCUT2D eigenvalue weighted by Gasteiger charge is 2.26. The number of carbonyl (C=O) groups is 1. The van der Waals surface area contributed by atoms with Gasteiger partial charge in [0.15, 0.2) is 0 Å². The van der Waals surface area contributed by atoms with Crippen LogP contribution in [-0.4, -0.2) is 34.9 Å². The van der Waals surface area contributed by atoms with Crippen molar-refractivity contribution in [1.82, 2.24) is 9.88 Å². The smallest absolute Gasteiger partial charge is 0.228 e. The summed E-state index contributed by atoms with van der Waals surface area (Å²) in [5.41, 5.74) is 7.62. The minimum atomic E-state index is 0.115. The fraction of sp³-hybridized carbons (Fsp3) is 0.444. The molecule has 1 fully saturated rings. The number of piperidine rings is 1. The highest BCUT2D eigenvalue weighted by molar-refractivity contribution is 7.13. The number of rotatable bonds is 4. The zero-order chi connectivity index (χ0) is 18.0. The molecular formula is C18H21Cl2N3OS. The van der Waals surface area contributed by atoms with Gasteiger partial charge in [-0.3, -0.25) is 4.79 Å². The first kappa shape index (κ1) is 18.6. The van der Waals surface area contributed by atoms with Crippen LogP contribution in [0.3, 0.4) is 0 Å². The predicted octanol–water partition coefficient (Wildman–Crippen LogP) is 4.25. The number of likely N-dealkylation sites (tertiary alicyclic amines) is 1. The van der Waals surface area contributed by atoms with Crippen LogP contribution in [0.15, 0.2) is 23.6 Å². The molecule has 1 amide bonds. The topological polar surface area (TPSA) is 59.2 Å². The van der Waals surface area contributed by atoms with E-state index in [9.17, 15) is 4.79 Å². The predicted molar refractivity (Wildman–Crippen MR) is 104 cm³/mol. The Morgan fingerprint density at radius 2 is 2.28 bits per heavy atom. The Morgan fingerprint density at radius 3 is 3.00 bits per heavy atom. The molecule has 0 bridgehead atoms. The Hall–Kier alpha value is -1.14. The van der Waals surface area contributed by atoms with Crippen LogP contribution in [0.5, 0.6) is 0 Å². The summed E-state index contributed by atoms with van der Waals surface area (Å²) in [4.78, 5) is 19.1. The summed E-state index contributed by atoms with van der Waals surface area (Å²) in [7, 11) is 0. The number of nitrogens with zero attached hydrogens (tertiary/aromatic N) is 2. The van der Waals surface area contributed by atoms with Crippen molar-refractivity contribution in [3.8, 4) is 10.6 Å². The largest absolute Gasteiger partial charge is 0.342 e. The number of amides is 1. The van der Waals surface area contributed by atoms with Gasteiger partial charge < -0.3 is 10.6 Å². The van der Waals surface area contributed by atoms with Crippen LogP contribution >= 0.6 is 34.5 Å². The van der Waals surface area contributed by atoms with E-state index >= 15 is 0 Å². The minimum Gasteiger partial charge on any atom is -0.342 e. The molecule has 1 aromatic carbocycles. The van der Waals surface area contributed by atoms with Crippen molar-refractivity contribution in [3.05, 3.63) is 39.3 Å². The molecule has 1 saturated heterocycles. The summed E-state index contributed by atoms with van der Waals surface area (Å²) in [6, 6.07) is 5.46. The van der Waals surface area contributed by atoms with Gasteiger partial charge in [-0.1, -0.05) is 23.2 Å². The van der Waals surface area contributed by atoms with Gasteiger partial charge in [0.05, 0.1) is 17.1 Å². The second kappa shape index (κ2) is 8.04. The van der Waals surface area contributed by atoms with Crippen molar-refractivity contribution in [2.24, 2.45) is 11.7 Å². The highest BCUT2D eigenvalue weighted by atomic mass is 35.5. The Bertz CT molecular complexity index is 763. The van der Waals surface area contributed by atoms with Gasteiger partial charge in [0.25, 0.3) is 0 Å². The standard InChI is InChI=1S/C18H21Cl2N3OS/c1-11(21)12-3-2-6-23(9-12)17(24)8-14-10-25-18(22-14)15-5-4-13(19)7-16(15)20/h4-5,7,10-12H,2-3,6,8-9,21H2,1H3/t11-,12-/m0/s1. The molecule has 7 heteroatoms. The maximum absolute atomic E-state index is 12.6. The maximum Gasteiger partial charge on any atom is 0.228 e. The molecule has 2 atom stereocenters. The molecule has 1 aliphatic rings. The monoisotopic (exact) mass is 397 g/mol. The molecule has 0 radical (unpaired) electrons. The van der Waals surface area contributed by atoms with Gasteiger partial charge in [0.1, 0.15) is 5.01 Å². The first-order valence-corrected chi connectivity index (χ1v) is 10.0. The first-order valence-electron chi connectivity index (χ1n) is 8.37. The van der Waals surface area contributed by atoms with Crippen LogP contribution in [0.2, 0.25) is 10.0 Å². The number of benzene rings is 1. The van der Waals surface area contributed by atoms with Gasteiger partial charge in [-0.05, 0) is 43.9 Å². The SMILES string of the molecule is C[C@H](N)[C@H]1CCCN(C(=O)Cc2csc(-c3ccc(Cl)cc3Cl)n2)C1. The van der Waals surface area contributed by atoms with E-state index in [0.717, 1.165) is 42.2 Å². The summed E-state index contributed by atoms with van der Waals surface area (Å²) in [5.74, 6) is 0.501. The number of carbonyl (C=O) groups excluding carboxylic acids is 1. The summed E-state index contributed by atoms with van der Waals surface area (Å²) in [5, 5.41) is 3.88. The molecule has 1 aliphatic heterocycles. The van der Waals surface area contributed by atoms with Crippen molar-refractivity contribution in [3.63, 3.8) is 0 Å². The van der Waals surface area contributed by atoms with Crippen LogP contribution in [0.4, 0.5) is 0 Å². The summed E-state index contributed by atoms with van der Waals surface area (Å²) >= 11 is 13.7. The molecule has 134 valence electrons. The second-order valence-electron chi connectivity index (χ2n) is 6.55. The lowest BCUT2D eigenvalue weighted by molar-refractivity contribution is -0.132. The third-order valence-corrected chi connectivity index (χ3v) is 6.07. The van der Waals surface area contributed by atoms with E-state index in [1.165, 1.54) is 11.3 Å². The van der Waals surface area contributed by atoms with Crippen LogP contribution in [-0.2, 0) is 11.2 Å². The van der Waals surface area contributed by atoms with Gasteiger partial charge in [-0.15, -0.1) is 11.3 Å². The van der Waals surface area contributed by atoms with Crippen LogP contribution in [0.25, 0.3) is 10.6 Å². The van der Waals surface area contributed by atoms with Gasteiger partial charge >= 0.3 is 0 Å². The first-order chi connectivity index (χ1) is 11.9. The molecule has 3 rings (SSSR count). The minimum absolute atomic E-state index is 0.115. The normalized spacial score (nSPS) is 19.0. The molecule has 0 saturated carbocycles. The van der Waals surface area contributed by atoms with Crippen molar-refractivity contribution in [2.45, 2.75) is 32.2 Å². The molecule has 1 aromatic heterocycles. The van der Waals surface area contributed by atoms with Crippen LogP contribution < -0.4 is 5.73 Å². The molecule has 4 nitrogen and oxygen atoms in total. The van der Waals surface area contributed by atoms with Gasteiger partial charge in [-0.25, -0.2) is 4.98 Å². The van der Waals surface area contributed by atoms with E-state index in [0.29, 0.717) is 22.4 Å². The molecule has 0 unspecified atom stereocenters. The fourth-order valence-electron chi connectivity index (χ4n) is 3.11. The van der Waals surface area contributed by atoms with E-state index in [1.807, 2.05) is 23.3 Å². The van der Waals surface area contributed by atoms with E-state index in [-0.39, 0.29) is 11.9 Å². The molecule has 2 N–H and O–H groups in total. The van der Waals surface area contributed by atoms with Gasteiger partial charge in [0.2, 0.25) is 5.91 Å². The highest BCUT2D eigenvalue weighted by Crippen LogP contribution is 2.32. The molecule has 2 heterocycles. The average Bonchev–Trinajstić information content (AvgIpc) is 3.03. The van der Waals surface area contributed by atoms with E-state index in [2.05, 4.69) is 4.98 Å². The van der Waals surface area contributed by atoms with Crippen molar-refractivity contribution in [2.75, 3.05) is 13.1 Å². The van der Waals surface area contributed by atoms with Crippen molar-refractivity contribution >= 4 is 40.4 Å². The van der Waals surface area contributed by atoms with E-state index in [1.54, 1.807) is 12.1 Å². The average molecular weight is 398 g/mol. The maximum atomic E-state index is 12.6.